The van der Waals surface area contributed by atoms with Gasteiger partial charge in [-0.3, -0.25) is 14.4 Å². The molecule has 4 atom stereocenters. The molecule has 0 saturated carbocycles. The molecule has 1 aromatic heterocycles. The van der Waals surface area contributed by atoms with Gasteiger partial charge in [0.25, 0.3) is 5.91 Å². The Morgan fingerprint density at radius 1 is 1.18 bits per heavy atom. The van der Waals surface area contributed by atoms with E-state index in [-0.39, 0.29) is 41.7 Å². The molecule has 0 bridgehead atoms. The van der Waals surface area contributed by atoms with Gasteiger partial charge >= 0.3 is 5.97 Å². The quantitative estimate of drug-likeness (QED) is 0.0897. The number of carbonyl (C=O) groups excluding carboxylic acids is 2. The third-order valence-electron chi connectivity index (χ3n) is 7.61. The average Bonchev–Trinajstić information content (AvgIpc) is 3.45. The lowest BCUT2D eigenvalue weighted by molar-refractivity contribution is -0.152. The second-order valence-corrected chi connectivity index (χ2v) is 14.9. The SMILES string of the molecule is CSC1(C(=O)O)CN2C(=O)C(NC(=O)C(=NOCOC(C)(C)C)c3csc(N)n3)[C@H]2SC1C(c1ccccc1)c1ccccc1. The van der Waals surface area contributed by atoms with Crippen LogP contribution in [0.5, 0.6) is 0 Å². The minimum Gasteiger partial charge on any atom is -0.480 e. The summed E-state index contributed by atoms with van der Waals surface area (Å²) in [4.78, 5) is 51.2. The van der Waals surface area contributed by atoms with Crippen LogP contribution in [0.2, 0.25) is 0 Å². The fraction of sp³-hybridized carbons (Fsp3) is 0.387. The molecule has 2 fully saturated rings. The first-order chi connectivity index (χ1) is 21.4. The Labute approximate surface area is 273 Å². The van der Waals surface area contributed by atoms with E-state index in [9.17, 15) is 19.5 Å². The van der Waals surface area contributed by atoms with Gasteiger partial charge < -0.3 is 30.6 Å². The number of aliphatic carboxylic acids is 1. The van der Waals surface area contributed by atoms with Crippen LogP contribution in [0.1, 0.15) is 43.5 Å². The third kappa shape index (κ3) is 6.83. The Bertz CT molecular complexity index is 1520. The van der Waals surface area contributed by atoms with E-state index in [1.54, 1.807) is 11.6 Å². The first kappa shape index (κ1) is 32.8. The second kappa shape index (κ2) is 13.4. The van der Waals surface area contributed by atoms with E-state index in [1.807, 2.05) is 81.4 Å². The van der Waals surface area contributed by atoms with Gasteiger partial charge in [0.1, 0.15) is 21.9 Å². The maximum Gasteiger partial charge on any atom is 0.322 e. The number of carboxylic acid groups (broad SMARTS) is 1. The molecule has 3 unspecified atom stereocenters. The van der Waals surface area contributed by atoms with E-state index in [4.69, 9.17) is 15.3 Å². The zero-order valence-electron chi connectivity index (χ0n) is 25.2. The number of nitrogens with one attached hydrogen (secondary N) is 1. The Morgan fingerprint density at radius 3 is 2.31 bits per heavy atom. The molecule has 0 spiro atoms. The van der Waals surface area contributed by atoms with Crippen LogP contribution in [0, 0.1) is 0 Å². The molecule has 2 amide bonds. The van der Waals surface area contributed by atoms with Gasteiger partial charge in [-0.15, -0.1) is 34.9 Å². The van der Waals surface area contributed by atoms with Crippen molar-refractivity contribution in [2.24, 2.45) is 5.16 Å². The normalized spacial score (nSPS) is 23.3. The van der Waals surface area contributed by atoms with Gasteiger partial charge in [-0.2, -0.15) is 0 Å². The predicted molar refractivity (Wildman–Crippen MR) is 177 cm³/mol. The van der Waals surface area contributed by atoms with Crippen LogP contribution in [0.25, 0.3) is 0 Å². The number of β-lactam (4-membered cyclic amide) rings is 1. The molecule has 238 valence electrons. The Hall–Kier alpha value is -3.59. The number of anilines is 1. The number of thioether (sulfide) groups is 2. The van der Waals surface area contributed by atoms with Crippen molar-refractivity contribution in [3.8, 4) is 0 Å². The number of nitrogen functional groups attached to an aromatic ring is 1. The van der Waals surface area contributed by atoms with E-state index in [0.29, 0.717) is 0 Å². The van der Waals surface area contributed by atoms with E-state index in [1.165, 1.54) is 28.4 Å². The molecule has 0 radical (unpaired) electrons. The van der Waals surface area contributed by atoms with Crippen LogP contribution >= 0.6 is 34.9 Å². The number of oxime groups is 1. The van der Waals surface area contributed by atoms with Gasteiger partial charge in [-0.25, -0.2) is 4.98 Å². The Balaban J connectivity index is 1.45. The number of thiazole rings is 1. The molecule has 2 saturated heterocycles. The number of ether oxygens (including phenoxy) is 1. The zero-order chi connectivity index (χ0) is 32.4. The molecule has 3 heterocycles. The van der Waals surface area contributed by atoms with Crippen molar-refractivity contribution in [1.82, 2.24) is 15.2 Å². The lowest BCUT2D eigenvalue weighted by Gasteiger charge is -2.57. The summed E-state index contributed by atoms with van der Waals surface area (Å²) in [6, 6.07) is 18.6. The maximum atomic E-state index is 13.6. The van der Waals surface area contributed by atoms with Crippen molar-refractivity contribution >= 4 is 63.5 Å². The van der Waals surface area contributed by atoms with Crippen LogP contribution in [0.3, 0.4) is 0 Å². The summed E-state index contributed by atoms with van der Waals surface area (Å²) in [5.41, 5.74) is 7.31. The summed E-state index contributed by atoms with van der Waals surface area (Å²) in [5, 5.41) is 18.3. The van der Waals surface area contributed by atoms with E-state index >= 15 is 0 Å². The summed E-state index contributed by atoms with van der Waals surface area (Å²) in [7, 11) is 0. The number of hydrogen-bond donors (Lipinski definition) is 3. The molecule has 0 aliphatic carbocycles. The third-order valence-corrected chi connectivity index (χ3v) is 11.5. The van der Waals surface area contributed by atoms with Crippen LogP contribution in [-0.2, 0) is 24.0 Å². The topological polar surface area (TPSA) is 156 Å². The Morgan fingerprint density at radius 2 is 1.80 bits per heavy atom. The smallest absolute Gasteiger partial charge is 0.322 e. The molecule has 45 heavy (non-hydrogen) atoms. The van der Waals surface area contributed by atoms with Crippen LogP contribution < -0.4 is 11.1 Å². The molecule has 2 aliphatic heterocycles. The molecule has 11 nitrogen and oxygen atoms in total. The van der Waals surface area contributed by atoms with Gasteiger partial charge in [-0.05, 0) is 38.2 Å². The molecule has 5 rings (SSSR count). The monoisotopic (exact) mass is 669 g/mol. The first-order valence-electron chi connectivity index (χ1n) is 14.2. The summed E-state index contributed by atoms with van der Waals surface area (Å²) in [6.07, 6.45) is 1.77. The number of nitrogens with zero attached hydrogens (tertiary/aromatic N) is 3. The Kier molecular flexibility index (Phi) is 9.77. The molecule has 3 aromatic rings. The number of amides is 2. The molecular formula is C31H35N5O6S3. The minimum atomic E-state index is -1.31. The predicted octanol–water partition coefficient (Wildman–Crippen LogP) is 4.01. The van der Waals surface area contributed by atoms with Gasteiger partial charge in [-0.1, -0.05) is 65.8 Å². The molecule has 2 aliphatic rings. The fourth-order valence-corrected chi connectivity index (χ4v) is 9.00. The van der Waals surface area contributed by atoms with Gasteiger partial charge in [0.05, 0.1) is 5.60 Å². The van der Waals surface area contributed by atoms with E-state index in [0.717, 1.165) is 22.5 Å². The van der Waals surface area contributed by atoms with Crippen molar-refractivity contribution < 1.29 is 29.1 Å². The van der Waals surface area contributed by atoms with E-state index in [2.05, 4.69) is 15.5 Å². The van der Waals surface area contributed by atoms with Crippen molar-refractivity contribution in [3.05, 3.63) is 82.9 Å². The number of fused-ring (bicyclic) bond motifs is 1. The summed E-state index contributed by atoms with van der Waals surface area (Å²) in [5.74, 6) is -2.34. The number of hydrogen-bond acceptors (Lipinski definition) is 11. The number of rotatable bonds is 11. The lowest BCUT2D eigenvalue weighted by Crippen LogP contribution is -2.76. The molecule has 4 N–H and O–H groups in total. The molecule has 2 aromatic carbocycles. The van der Waals surface area contributed by atoms with Gasteiger partial charge in [0.2, 0.25) is 12.7 Å². The summed E-state index contributed by atoms with van der Waals surface area (Å²) >= 11 is 3.76. The van der Waals surface area contributed by atoms with Crippen molar-refractivity contribution in [1.29, 1.82) is 0 Å². The highest BCUT2D eigenvalue weighted by atomic mass is 32.2. The molecule has 14 heteroatoms. The number of carbonyl (C=O) groups is 3. The number of aromatic nitrogens is 1. The van der Waals surface area contributed by atoms with Crippen LogP contribution in [0.4, 0.5) is 5.13 Å². The number of benzene rings is 2. The number of carboxylic acids is 1. The number of nitrogens with two attached hydrogens (primary N) is 1. The molecular weight excluding hydrogens is 635 g/mol. The zero-order valence-corrected chi connectivity index (χ0v) is 27.7. The lowest BCUT2D eigenvalue weighted by atomic mass is 9.81. The van der Waals surface area contributed by atoms with Crippen molar-refractivity contribution in [3.63, 3.8) is 0 Å². The second-order valence-electron chi connectivity index (χ2n) is 11.6. The average molecular weight is 670 g/mol. The summed E-state index contributed by atoms with van der Waals surface area (Å²) < 4.78 is 4.23. The van der Waals surface area contributed by atoms with Crippen molar-refractivity contribution in [2.45, 2.75) is 53.7 Å². The highest BCUT2D eigenvalue weighted by Crippen LogP contribution is 2.54. The summed E-state index contributed by atoms with van der Waals surface area (Å²) in [6.45, 7) is 5.35. The van der Waals surface area contributed by atoms with Gasteiger partial charge in [0, 0.05) is 23.1 Å². The highest BCUT2D eigenvalue weighted by Gasteiger charge is 2.63. The fourth-order valence-electron chi connectivity index (χ4n) is 5.35. The van der Waals surface area contributed by atoms with Crippen LogP contribution in [0.15, 0.2) is 71.2 Å². The van der Waals surface area contributed by atoms with Crippen molar-refractivity contribution in [2.75, 3.05) is 25.3 Å². The first-order valence-corrected chi connectivity index (χ1v) is 17.2. The largest absolute Gasteiger partial charge is 0.480 e. The minimum absolute atomic E-state index is 0.00990. The van der Waals surface area contributed by atoms with Crippen LogP contribution in [-0.4, -0.2) is 85.1 Å². The van der Waals surface area contributed by atoms with Gasteiger partial charge in [0.15, 0.2) is 10.8 Å². The maximum absolute atomic E-state index is 13.6. The standard InChI is InChI=1S/C31H35N5O6S3/c1-30(2,3)41-17-42-35-22(20-15-44-29(32)33-20)25(37)34-23-26(38)36-16-31(43-4,28(39)40)24(45-27(23)36)21(18-11-7-5-8-12-18)19-13-9-6-10-14-19/h5-15,21,23-24,27H,16-17H2,1-4H3,(H2,32,33)(H,34,37)(H,39,40)/t23?,24?,27-,31?/m1/s1. The van der Waals surface area contributed by atoms with E-state index < -0.39 is 38.9 Å². The highest BCUT2D eigenvalue weighted by molar-refractivity contribution is 8.05.